The van der Waals surface area contributed by atoms with Crippen LogP contribution in [0.3, 0.4) is 0 Å². The van der Waals surface area contributed by atoms with Gasteiger partial charge in [-0.15, -0.1) is 0 Å². The van der Waals surface area contributed by atoms with Gasteiger partial charge in [0.2, 0.25) is 0 Å². The van der Waals surface area contributed by atoms with Crippen LogP contribution in [0.1, 0.15) is 37.8 Å². The van der Waals surface area contributed by atoms with Gasteiger partial charge in [-0.3, -0.25) is 10.1 Å². The average Bonchev–Trinajstić information content (AvgIpc) is 2.44. The minimum Gasteiger partial charge on any atom is -0.376 e. The van der Waals surface area contributed by atoms with Crippen molar-refractivity contribution in [1.82, 2.24) is 4.98 Å². The maximum Gasteiger partial charge on any atom is 0.290 e. The summed E-state index contributed by atoms with van der Waals surface area (Å²) in [7, 11) is 0. The van der Waals surface area contributed by atoms with Crippen molar-refractivity contribution in [3.8, 4) is 0 Å². The van der Waals surface area contributed by atoms with Gasteiger partial charge in [-0.1, -0.05) is 19.3 Å². The van der Waals surface area contributed by atoms with Crippen molar-refractivity contribution in [2.24, 2.45) is 0 Å². The van der Waals surface area contributed by atoms with Crippen molar-refractivity contribution in [2.75, 3.05) is 18.5 Å². The number of nitrogens with zero attached hydrogens (tertiary/aromatic N) is 2. The highest BCUT2D eigenvalue weighted by atomic mass is 16.6. The Bertz CT molecular complexity index is 459. The predicted molar refractivity (Wildman–Crippen MR) is 76.9 cm³/mol. The van der Waals surface area contributed by atoms with E-state index >= 15 is 0 Å². The van der Waals surface area contributed by atoms with Crippen LogP contribution in [0, 0.1) is 17.0 Å². The SMILES string of the molecule is Cc1nc(NCCOC2CCCCC2)ccc1[N+](=O)[O-]. The van der Waals surface area contributed by atoms with Crippen molar-refractivity contribution >= 4 is 11.5 Å². The number of anilines is 1. The van der Waals surface area contributed by atoms with Crippen molar-refractivity contribution in [3.63, 3.8) is 0 Å². The normalized spacial score (nSPS) is 16.1. The first kappa shape index (κ1) is 14.7. The molecule has 20 heavy (non-hydrogen) atoms. The van der Waals surface area contributed by atoms with E-state index < -0.39 is 4.92 Å². The van der Waals surface area contributed by atoms with Crippen LogP contribution in [0.4, 0.5) is 11.5 Å². The van der Waals surface area contributed by atoms with Crippen molar-refractivity contribution in [3.05, 3.63) is 27.9 Å². The van der Waals surface area contributed by atoms with E-state index in [0.717, 1.165) is 12.8 Å². The molecule has 1 aromatic heterocycles. The summed E-state index contributed by atoms with van der Waals surface area (Å²) in [6.45, 7) is 2.95. The minimum absolute atomic E-state index is 0.0500. The van der Waals surface area contributed by atoms with Gasteiger partial charge in [-0.2, -0.15) is 0 Å². The maximum absolute atomic E-state index is 10.7. The third kappa shape index (κ3) is 4.16. The van der Waals surface area contributed by atoms with E-state index in [2.05, 4.69) is 10.3 Å². The molecule has 1 fully saturated rings. The summed E-state index contributed by atoms with van der Waals surface area (Å²) in [6.07, 6.45) is 6.58. The summed E-state index contributed by atoms with van der Waals surface area (Å²) in [4.78, 5) is 14.4. The van der Waals surface area contributed by atoms with Crippen LogP contribution >= 0.6 is 0 Å². The molecule has 1 aliphatic carbocycles. The first-order valence-corrected chi connectivity index (χ1v) is 7.14. The monoisotopic (exact) mass is 279 g/mol. The molecule has 1 heterocycles. The molecule has 0 saturated heterocycles. The van der Waals surface area contributed by atoms with Crippen molar-refractivity contribution in [2.45, 2.75) is 45.1 Å². The number of nitrogens with one attached hydrogen (secondary N) is 1. The molecular formula is C14H21N3O3. The summed E-state index contributed by atoms with van der Waals surface area (Å²) in [6, 6.07) is 3.11. The molecule has 1 N–H and O–H groups in total. The molecule has 1 aliphatic rings. The molecule has 6 heteroatoms. The molecule has 0 unspecified atom stereocenters. The molecule has 0 aromatic carbocycles. The van der Waals surface area contributed by atoms with Crippen LogP contribution in [0.2, 0.25) is 0 Å². The summed E-state index contributed by atoms with van der Waals surface area (Å²) < 4.78 is 5.80. The van der Waals surface area contributed by atoms with Gasteiger partial charge in [-0.05, 0) is 25.8 Å². The first-order valence-electron chi connectivity index (χ1n) is 7.14. The summed E-state index contributed by atoms with van der Waals surface area (Å²) in [5.41, 5.74) is 0.474. The fraction of sp³-hybridized carbons (Fsp3) is 0.643. The zero-order valence-electron chi connectivity index (χ0n) is 11.8. The van der Waals surface area contributed by atoms with Crippen LogP contribution in [-0.2, 0) is 4.74 Å². The highest BCUT2D eigenvalue weighted by Crippen LogP contribution is 2.20. The van der Waals surface area contributed by atoms with Crippen molar-refractivity contribution in [1.29, 1.82) is 0 Å². The van der Waals surface area contributed by atoms with Gasteiger partial charge in [0.05, 0.1) is 17.6 Å². The van der Waals surface area contributed by atoms with Crippen LogP contribution < -0.4 is 5.32 Å². The zero-order valence-corrected chi connectivity index (χ0v) is 11.8. The minimum atomic E-state index is -0.418. The van der Waals surface area contributed by atoms with E-state index in [1.807, 2.05) is 0 Å². The lowest BCUT2D eigenvalue weighted by Crippen LogP contribution is -2.20. The smallest absolute Gasteiger partial charge is 0.290 e. The second kappa shape index (κ2) is 7.19. The molecular weight excluding hydrogens is 258 g/mol. The van der Waals surface area contributed by atoms with Gasteiger partial charge in [0, 0.05) is 12.6 Å². The zero-order chi connectivity index (χ0) is 14.4. The molecule has 1 saturated carbocycles. The van der Waals surface area contributed by atoms with Gasteiger partial charge in [-0.25, -0.2) is 4.98 Å². The fourth-order valence-electron chi connectivity index (χ4n) is 2.48. The Labute approximate surface area is 118 Å². The van der Waals surface area contributed by atoms with E-state index in [9.17, 15) is 10.1 Å². The number of rotatable bonds is 6. The number of aromatic nitrogens is 1. The number of hydrogen-bond acceptors (Lipinski definition) is 5. The van der Waals surface area contributed by atoms with Gasteiger partial charge in [0.15, 0.2) is 0 Å². The Balaban J connectivity index is 1.73. The lowest BCUT2D eigenvalue weighted by molar-refractivity contribution is -0.385. The second-order valence-corrected chi connectivity index (χ2v) is 5.12. The van der Waals surface area contributed by atoms with Crippen LogP contribution in [0.15, 0.2) is 12.1 Å². The molecule has 0 spiro atoms. The number of aryl methyl sites for hydroxylation is 1. The Morgan fingerprint density at radius 1 is 1.40 bits per heavy atom. The largest absolute Gasteiger partial charge is 0.376 e. The summed E-state index contributed by atoms with van der Waals surface area (Å²) >= 11 is 0. The van der Waals surface area contributed by atoms with Gasteiger partial charge >= 0.3 is 0 Å². The quantitative estimate of drug-likeness (QED) is 0.492. The number of nitro groups is 1. The van der Waals surface area contributed by atoms with E-state index in [0.29, 0.717) is 30.8 Å². The lowest BCUT2D eigenvalue weighted by atomic mass is 9.98. The first-order chi connectivity index (χ1) is 9.66. The van der Waals surface area contributed by atoms with Crippen molar-refractivity contribution < 1.29 is 9.66 Å². The van der Waals surface area contributed by atoms with Crippen LogP contribution in [-0.4, -0.2) is 29.2 Å². The topological polar surface area (TPSA) is 77.3 Å². The van der Waals surface area contributed by atoms with E-state index in [1.165, 1.54) is 25.3 Å². The summed E-state index contributed by atoms with van der Waals surface area (Å²) in [5, 5.41) is 13.8. The number of pyridine rings is 1. The standard InChI is InChI=1S/C14H21N3O3/c1-11-13(17(18)19)7-8-14(16-11)15-9-10-20-12-5-3-2-4-6-12/h7-8,12H,2-6,9-10H2,1H3,(H,15,16). The summed E-state index contributed by atoms with van der Waals surface area (Å²) in [5.74, 6) is 0.653. The van der Waals surface area contributed by atoms with Gasteiger partial charge < -0.3 is 10.1 Å². The molecule has 6 nitrogen and oxygen atoms in total. The molecule has 0 radical (unpaired) electrons. The van der Waals surface area contributed by atoms with E-state index in [-0.39, 0.29) is 5.69 Å². The molecule has 0 amide bonds. The number of hydrogen-bond donors (Lipinski definition) is 1. The molecule has 0 aliphatic heterocycles. The fourth-order valence-corrected chi connectivity index (χ4v) is 2.48. The Kier molecular flexibility index (Phi) is 5.29. The molecule has 2 rings (SSSR count). The van der Waals surface area contributed by atoms with Gasteiger partial charge in [0.25, 0.3) is 5.69 Å². The third-order valence-corrected chi connectivity index (χ3v) is 3.57. The second-order valence-electron chi connectivity index (χ2n) is 5.12. The predicted octanol–water partition coefficient (Wildman–Crippen LogP) is 3.06. The molecule has 110 valence electrons. The third-order valence-electron chi connectivity index (χ3n) is 3.57. The van der Waals surface area contributed by atoms with E-state index in [4.69, 9.17) is 4.74 Å². The number of ether oxygens (including phenoxy) is 1. The molecule has 1 aromatic rings. The van der Waals surface area contributed by atoms with Crippen LogP contribution in [0.5, 0.6) is 0 Å². The average molecular weight is 279 g/mol. The van der Waals surface area contributed by atoms with Crippen LogP contribution in [0.25, 0.3) is 0 Å². The Morgan fingerprint density at radius 2 is 2.15 bits per heavy atom. The van der Waals surface area contributed by atoms with E-state index in [1.54, 1.807) is 13.0 Å². The van der Waals surface area contributed by atoms with Gasteiger partial charge in [0.1, 0.15) is 11.5 Å². The molecule has 0 atom stereocenters. The highest BCUT2D eigenvalue weighted by Gasteiger charge is 2.14. The Morgan fingerprint density at radius 3 is 2.80 bits per heavy atom. The lowest BCUT2D eigenvalue weighted by Gasteiger charge is -2.22. The maximum atomic E-state index is 10.7. The molecule has 0 bridgehead atoms. The Hall–Kier alpha value is -1.69. The highest BCUT2D eigenvalue weighted by molar-refractivity contribution is 5.44.